The van der Waals surface area contributed by atoms with Gasteiger partial charge in [-0.25, -0.2) is 0 Å². The van der Waals surface area contributed by atoms with Crippen LogP contribution in [0, 0.1) is 29.1 Å². The van der Waals surface area contributed by atoms with Crippen molar-refractivity contribution < 1.29 is 24.6 Å². The van der Waals surface area contributed by atoms with E-state index in [1.807, 2.05) is 24.3 Å². The van der Waals surface area contributed by atoms with Gasteiger partial charge < -0.3 is 20.3 Å². The number of carbonyl (C=O) groups is 1. The van der Waals surface area contributed by atoms with Crippen molar-refractivity contribution in [3.8, 4) is 16.9 Å². The second-order valence-corrected chi connectivity index (χ2v) is 13.3. The van der Waals surface area contributed by atoms with Crippen molar-refractivity contribution in [3.63, 3.8) is 0 Å². The van der Waals surface area contributed by atoms with Gasteiger partial charge in [0, 0.05) is 28.0 Å². The number of thioether (sulfide) groups is 1. The van der Waals surface area contributed by atoms with Crippen LogP contribution in [0.3, 0.4) is 0 Å². The molecule has 4 aliphatic rings. The molecule has 218 valence electrons. The summed E-state index contributed by atoms with van der Waals surface area (Å²) in [6, 6.07) is 13.6. The summed E-state index contributed by atoms with van der Waals surface area (Å²) < 4.78 is 5.92. The van der Waals surface area contributed by atoms with Crippen LogP contribution in [0.2, 0.25) is 0 Å². The zero-order valence-electron chi connectivity index (χ0n) is 24.5. The highest BCUT2D eigenvalue weighted by Gasteiger charge is 2.57. The summed E-state index contributed by atoms with van der Waals surface area (Å²) in [6.45, 7) is 8.60. The van der Waals surface area contributed by atoms with Crippen LogP contribution in [-0.2, 0) is 16.2 Å². The molecule has 40 heavy (non-hydrogen) atoms. The number of amides is 1. The molecule has 2 bridgehead atoms. The topological polar surface area (TPSA) is 91.3 Å². The molecule has 8 heteroatoms. The van der Waals surface area contributed by atoms with Gasteiger partial charge in [-0.3, -0.25) is 9.63 Å². The van der Waals surface area contributed by atoms with Gasteiger partial charge >= 0.3 is 0 Å². The molecule has 0 aromatic heterocycles. The van der Waals surface area contributed by atoms with E-state index in [1.54, 1.807) is 30.9 Å². The molecule has 7 nitrogen and oxygen atoms in total. The summed E-state index contributed by atoms with van der Waals surface area (Å²) in [5.41, 5.74) is 3.19. The highest BCUT2D eigenvalue weighted by Crippen LogP contribution is 2.61. The fourth-order valence-electron chi connectivity index (χ4n) is 7.62. The fourth-order valence-corrected chi connectivity index (χ4v) is 8.08. The van der Waals surface area contributed by atoms with Gasteiger partial charge in [0.2, 0.25) is 5.91 Å². The number of aliphatic hydroxyl groups excluding tert-OH is 2. The lowest BCUT2D eigenvalue weighted by molar-refractivity contribution is -0.183. The second-order valence-electron chi connectivity index (χ2n) is 12.5. The molecule has 1 amide bonds. The van der Waals surface area contributed by atoms with E-state index in [1.165, 1.54) is 6.42 Å². The first-order valence-corrected chi connectivity index (χ1v) is 15.7. The number of rotatable bonds is 9. The summed E-state index contributed by atoms with van der Waals surface area (Å²) in [4.78, 5) is 21.3. The van der Waals surface area contributed by atoms with Crippen molar-refractivity contribution in [2.24, 2.45) is 29.1 Å². The molecule has 6 rings (SSSR count). The molecular formula is C32H44N2O5S. The Labute approximate surface area is 242 Å². The standard InChI is InChI=1S/C32H44N2O5S/c1-18-25-14-22(32(25,3)4)15-26(18)33-31(37)29-28(19(2)36)27(17-35)39-34(29)16-21-10-8-12-24(30(21)38-5)20-9-7-11-23(13-20)40-6/h7-13,18-19,22,25-29,35-36H,14-17H2,1-6H3,(H,33,37)/t18-,19-,22+,25-,26-,27-,28+,29?/m0/s1. The first-order valence-electron chi connectivity index (χ1n) is 14.4. The predicted octanol–water partition coefficient (Wildman–Crippen LogP) is 4.74. The van der Waals surface area contributed by atoms with Gasteiger partial charge in [0.1, 0.15) is 17.9 Å². The maximum absolute atomic E-state index is 14.0. The Morgan fingerprint density at radius 1 is 1.25 bits per heavy atom. The number of hydroxylamine groups is 2. The maximum Gasteiger partial charge on any atom is 0.240 e. The van der Waals surface area contributed by atoms with E-state index in [0.29, 0.717) is 28.9 Å². The number of nitrogens with one attached hydrogen (secondary N) is 1. The Morgan fingerprint density at radius 2 is 2.00 bits per heavy atom. The molecule has 1 aliphatic heterocycles. The third-order valence-corrected chi connectivity index (χ3v) is 10.8. The third kappa shape index (κ3) is 5.18. The van der Waals surface area contributed by atoms with Crippen molar-refractivity contribution in [2.45, 2.75) is 76.3 Å². The molecule has 1 saturated heterocycles. The van der Waals surface area contributed by atoms with Crippen molar-refractivity contribution in [2.75, 3.05) is 20.0 Å². The number of para-hydroxylation sites is 1. The molecule has 8 atom stereocenters. The molecule has 3 N–H and O–H groups in total. The average molecular weight is 569 g/mol. The first-order chi connectivity index (χ1) is 19.1. The van der Waals surface area contributed by atoms with Crippen LogP contribution in [0.4, 0.5) is 0 Å². The van der Waals surface area contributed by atoms with E-state index >= 15 is 0 Å². The highest BCUT2D eigenvalue weighted by molar-refractivity contribution is 7.98. The number of aliphatic hydroxyl groups is 2. The smallest absolute Gasteiger partial charge is 0.240 e. The predicted molar refractivity (Wildman–Crippen MR) is 158 cm³/mol. The number of ether oxygens (including phenoxy) is 1. The minimum atomic E-state index is -0.837. The number of benzene rings is 2. The Bertz CT molecular complexity index is 1220. The Morgan fingerprint density at radius 3 is 2.62 bits per heavy atom. The quantitative estimate of drug-likeness (QED) is 0.376. The van der Waals surface area contributed by atoms with Gasteiger partial charge in [0.15, 0.2) is 0 Å². The van der Waals surface area contributed by atoms with Crippen LogP contribution in [0.25, 0.3) is 11.1 Å². The number of fused-ring (bicyclic) bond motifs is 2. The van der Waals surface area contributed by atoms with Crippen LogP contribution in [0.5, 0.6) is 5.75 Å². The normalized spacial score (nSPS) is 31.9. The van der Waals surface area contributed by atoms with Crippen LogP contribution < -0.4 is 10.1 Å². The van der Waals surface area contributed by atoms with Crippen molar-refractivity contribution in [3.05, 3.63) is 48.0 Å². The third-order valence-electron chi connectivity index (χ3n) is 10.1. The molecule has 1 unspecified atom stereocenters. The summed E-state index contributed by atoms with van der Waals surface area (Å²) in [5, 5.41) is 25.9. The van der Waals surface area contributed by atoms with Crippen molar-refractivity contribution >= 4 is 17.7 Å². The molecule has 3 saturated carbocycles. The van der Waals surface area contributed by atoms with Gasteiger partial charge in [-0.15, -0.1) is 11.8 Å². The van der Waals surface area contributed by atoms with Gasteiger partial charge in [-0.05, 0) is 66.9 Å². The molecule has 4 fully saturated rings. The van der Waals surface area contributed by atoms with Gasteiger partial charge in [0.05, 0.1) is 26.4 Å². The van der Waals surface area contributed by atoms with Crippen molar-refractivity contribution in [1.82, 2.24) is 10.4 Å². The Balaban J connectivity index is 1.42. The van der Waals surface area contributed by atoms with E-state index in [-0.39, 0.29) is 25.1 Å². The molecule has 2 aromatic rings. The molecule has 2 aromatic carbocycles. The van der Waals surface area contributed by atoms with Crippen LogP contribution >= 0.6 is 11.8 Å². The number of hydrogen-bond donors (Lipinski definition) is 3. The zero-order valence-corrected chi connectivity index (χ0v) is 25.3. The molecule has 3 aliphatic carbocycles. The fraction of sp³-hybridized carbons (Fsp3) is 0.594. The number of methoxy groups -OCH3 is 1. The maximum atomic E-state index is 14.0. The Hall–Kier alpha value is -2.10. The Kier molecular flexibility index (Phi) is 8.56. The summed E-state index contributed by atoms with van der Waals surface area (Å²) in [6.07, 6.45) is 2.74. The lowest BCUT2D eigenvalue weighted by atomic mass is 9.45. The second kappa shape index (κ2) is 11.6. The summed E-state index contributed by atoms with van der Waals surface area (Å²) >= 11 is 1.69. The minimum Gasteiger partial charge on any atom is -0.496 e. The molecule has 0 spiro atoms. The van der Waals surface area contributed by atoms with E-state index in [0.717, 1.165) is 28.0 Å². The summed E-state index contributed by atoms with van der Waals surface area (Å²) in [7, 11) is 1.65. The van der Waals surface area contributed by atoms with Gasteiger partial charge in [-0.2, -0.15) is 5.06 Å². The van der Waals surface area contributed by atoms with Crippen molar-refractivity contribution in [1.29, 1.82) is 0 Å². The van der Waals surface area contributed by atoms with Crippen LogP contribution in [0.1, 0.15) is 46.1 Å². The number of hydrogen-bond acceptors (Lipinski definition) is 7. The van der Waals surface area contributed by atoms with E-state index in [2.05, 4.69) is 50.5 Å². The van der Waals surface area contributed by atoms with E-state index in [9.17, 15) is 15.0 Å². The lowest BCUT2D eigenvalue weighted by Crippen LogP contribution is -2.62. The van der Waals surface area contributed by atoms with Gasteiger partial charge in [0.25, 0.3) is 0 Å². The van der Waals surface area contributed by atoms with E-state index in [4.69, 9.17) is 9.57 Å². The molecule has 0 radical (unpaired) electrons. The summed E-state index contributed by atoms with van der Waals surface area (Å²) in [5.74, 6) is 1.59. The number of carbonyl (C=O) groups excluding carboxylic acids is 1. The first kappa shape index (κ1) is 29.4. The van der Waals surface area contributed by atoms with Crippen LogP contribution in [0.15, 0.2) is 47.4 Å². The van der Waals surface area contributed by atoms with Crippen LogP contribution in [-0.4, -0.2) is 65.4 Å². The lowest BCUT2D eigenvalue weighted by Gasteiger charge is -2.62. The number of nitrogens with zero attached hydrogens (tertiary/aromatic N) is 1. The minimum absolute atomic E-state index is 0.0931. The highest BCUT2D eigenvalue weighted by atomic mass is 32.2. The molecular weight excluding hydrogens is 524 g/mol. The SMILES string of the molecule is COc1c(CN2O[C@@H](CO)[C@@H]([C@H](C)O)C2C(=O)N[C@H]2C[C@H]3C[C@@H]([C@@H]2C)C3(C)C)cccc1-c1cccc(SC)c1. The largest absolute Gasteiger partial charge is 0.496 e. The monoisotopic (exact) mass is 568 g/mol. The zero-order chi connectivity index (χ0) is 28.8. The average Bonchev–Trinajstić information content (AvgIpc) is 3.32. The molecule has 1 heterocycles. The van der Waals surface area contributed by atoms with Gasteiger partial charge in [-0.1, -0.05) is 51.1 Å². The van der Waals surface area contributed by atoms with E-state index < -0.39 is 24.2 Å².